The van der Waals surface area contributed by atoms with Crippen LogP contribution in [0.25, 0.3) is 10.9 Å². The summed E-state index contributed by atoms with van der Waals surface area (Å²) in [7, 11) is 0. The summed E-state index contributed by atoms with van der Waals surface area (Å²) in [5.41, 5.74) is 2.43. The van der Waals surface area contributed by atoms with Crippen molar-refractivity contribution in [2.45, 2.75) is 13.8 Å². The van der Waals surface area contributed by atoms with Crippen LogP contribution >= 0.6 is 0 Å². The van der Waals surface area contributed by atoms with Crippen LogP contribution in [0.2, 0.25) is 0 Å². The van der Waals surface area contributed by atoms with Crippen molar-refractivity contribution in [1.29, 1.82) is 0 Å². The molecular formula is C18H15FN2O2. The van der Waals surface area contributed by atoms with Gasteiger partial charge in [0.1, 0.15) is 5.82 Å². The van der Waals surface area contributed by atoms with E-state index in [1.54, 1.807) is 43.3 Å². The van der Waals surface area contributed by atoms with Crippen molar-refractivity contribution in [2.24, 2.45) is 0 Å². The van der Waals surface area contributed by atoms with Gasteiger partial charge in [-0.1, -0.05) is 18.2 Å². The molecule has 1 aromatic heterocycles. The van der Waals surface area contributed by atoms with Gasteiger partial charge in [-0.3, -0.25) is 9.59 Å². The van der Waals surface area contributed by atoms with E-state index in [2.05, 4.69) is 10.3 Å². The van der Waals surface area contributed by atoms with Gasteiger partial charge in [-0.2, -0.15) is 0 Å². The summed E-state index contributed by atoms with van der Waals surface area (Å²) < 4.78 is 14.1. The Morgan fingerprint density at radius 3 is 2.61 bits per heavy atom. The van der Waals surface area contributed by atoms with Gasteiger partial charge in [0.05, 0.1) is 5.56 Å². The summed E-state index contributed by atoms with van der Waals surface area (Å²) in [6, 6.07) is 11.3. The minimum Gasteiger partial charge on any atom is -0.358 e. The number of anilines is 1. The zero-order valence-corrected chi connectivity index (χ0v) is 12.7. The Balaban J connectivity index is 2.00. The molecule has 3 rings (SSSR count). The minimum absolute atomic E-state index is 0.0876. The Hall–Kier alpha value is -2.95. The number of Topliss-reactive ketones (excluding diaryl/α,β-unsaturated/α-hetero) is 1. The van der Waals surface area contributed by atoms with Crippen LogP contribution in [0.15, 0.2) is 42.5 Å². The van der Waals surface area contributed by atoms with Gasteiger partial charge in [0.25, 0.3) is 5.91 Å². The van der Waals surface area contributed by atoms with Crippen molar-refractivity contribution in [1.82, 2.24) is 4.98 Å². The number of aromatic amines is 1. The normalized spacial score (nSPS) is 10.7. The van der Waals surface area contributed by atoms with E-state index in [1.165, 1.54) is 13.0 Å². The lowest BCUT2D eigenvalue weighted by Crippen LogP contribution is -2.13. The number of H-pyrrole nitrogens is 1. The van der Waals surface area contributed by atoms with E-state index in [4.69, 9.17) is 0 Å². The van der Waals surface area contributed by atoms with Gasteiger partial charge >= 0.3 is 0 Å². The summed E-state index contributed by atoms with van der Waals surface area (Å²) in [6.45, 7) is 3.18. The van der Waals surface area contributed by atoms with Crippen LogP contribution in [0.4, 0.5) is 10.1 Å². The molecule has 2 aromatic carbocycles. The molecule has 5 heteroatoms. The fraction of sp³-hybridized carbons (Fsp3) is 0.111. The Labute approximate surface area is 132 Å². The lowest BCUT2D eigenvalue weighted by molar-refractivity contribution is 0.101. The Bertz CT molecular complexity index is 928. The number of aromatic nitrogens is 1. The zero-order chi connectivity index (χ0) is 16.6. The third-order valence-corrected chi connectivity index (χ3v) is 3.71. The van der Waals surface area contributed by atoms with Crippen LogP contribution in [-0.4, -0.2) is 16.7 Å². The fourth-order valence-corrected chi connectivity index (χ4v) is 2.63. The predicted molar refractivity (Wildman–Crippen MR) is 87.4 cm³/mol. The number of carbonyl (C=O) groups excluding carboxylic acids is 2. The third-order valence-electron chi connectivity index (χ3n) is 3.71. The van der Waals surface area contributed by atoms with E-state index in [-0.39, 0.29) is 16.7 Å². The smallest absolute Gasteiger partial charge is 0.258 e. The van der Waals surface area contributed by atoms with Crippen molar-refractivity contribution in [2.75, 3.05) is 5.32 Å². The summed E-state index contributed by atoms with van der Waals surface area (Å²) in [4.78, 5) is 27.0. The van der Waals surface area contributed by atoms with Crippen LogP contribution in [0.5, 0.6) is 0 Å². The molecule has 0 spiro atoms. The molecule has 0 radical (unpaired) electrons. The third kappa shape index (κ3) is 2.73. The first-order valence-electron chi connectivity index (χ1n) is 7.16. The first kappa shape index (κ1) is 15.0. The highest BCUT2D eigenvalue weighted by molar-refractivity contribution is 6.14. The maximum Gasteiger partial charge on any atom is 0.258 e. The molecule has 116 valence electrons. The molecular weight excluding hydrogens is 295 g/mol. The molecule has 1 heterocycles. The monoisotopic (exact) mass is 310 g/mol. The second-order valence-corrected chi connectivity index (χ2v) is 5.38. The number of aryl methyl sites for hydroxylation is 1. The van der Waals surface area contributed by atoms with Gasteiger partial charge in [-0.15, -0.1) is 0 Å². The molecule has 0 aliphatic carbocycles. The number of halogens is 1. The molecule has 0 saturated carbocycles. The first-order chi connectivity index (χ1) is 11.0. The van der Waals surface area contributed by atoms with Gasteiger partial charge in [-0.05, 0) is 38.1 Å². The summed E-state index contributed by atoms with van der Waals surface area (Å²) >= 11 is 0. The van der Waals surface area contributed by atoms with Crippen molar-refractivity contribution in [3.8, 4) is 0 Å². The molecule has 23 heavy (non-hydrogen) atoms. The summed E-state index contributed by atoms with van der Waals surface area (Å²) in [5.74, 6) is -0.954. The molecule has 4 nitrogen and oxygen atoms in total. The fourth-order valence-electron chi connectivity index (χ4n) is 2.63. The van der Waals surface area contributed by atoms with Gasteiger partial charge in [0.2, 0.25) is 0 Å². The van der Waals surface area contributed by atoms with Crippen molar-refractivity contribution < 1.29 is 14.0 Å². The van der Waals surface area contributed by atoms with Crippen LogP contribution in [0.3, 0.4) is 0 Å². The highest BCUT2D eigenvalue weighted by Gasteiger charge is 2.19. The Kier molecular flexibility index (Phi) is 3.70. The van der Waals surface area contributed by atoms with Gasteiger partial charge in [-0.25, -0.2) is 4.39 Å². The van der Waals surface area contributed by atoms with Crippen LogP contribution < -0.4 is 5.32 Å². The number of hydrogen-bond donors (Lipinski definition) is 2. The first-order valence-corrected chi connectivity index (χ1v) is 7.16. The molecule has 3 aromatic rings. The van der Waals surface area contributed by atoms with Gasteiger partial charge < -0.3 is 10.3 Å². The average molecular weight is 310 g/mol. The summed E-state index contributed by atoms with van der Waals surface area (Å²) in [6.07, 6.45) is 0. The second kappa shape index (κ2) is 5.68. The van der Waals surface area contributed by atoms with Crippen molar-refractivity contribution >= 4 is 28.3 Å². The maximum atomic E-state index is 14.1. The highest BCUT2D eigenvalue weighted by Crippen LogP contribution is 2.26. The number of carbonyl (C=O) groups is 2. The van der Waals surface area contributed by atoms with E-state index >= 15 is 0 Å². The van der Waals surface area contributed by atoms with Crippen molar-refractivity contribution in [3.05, 3.63) is 65.1 Å². The SMILES string of the molecule is CC(=O)c1cccc(NC(=O)c2c(C)[nH]c3cccc(F)c23)c1. The Morgan fingerprint density at radius 1 is 1.13 bits per heavy atom. The van der Waals surface area contributed by atoms with Crippen molar-refractivity contribution in [3.63, 3.8) is 0 Å². The average Bonchev–Trinajstić information content (AvgIpc) is 2.85. The number of amides is 1. The van der Waals surface area contributed by atoms with E-state index in [0.29, 0.717) is 22.5 Å². The molecule has 0 bridgehead atoms. The molecule has 0 aliphatic rings. The largest absolute Gasteiger partial charge is 0.358 e. The lowest BCUT2D eigenvalue weighted by atomic mass is 10.1. The second-order valence-electron chi connectivity index (χ2n) is 5.38. The van der Waals surface area contributed by atoms with Crippen LogP contribution in [0.1, 0.15) is 33.3 Å². The number of nitrogens with one attached hydrogen (secondary N) is 2. The molecule has 0 unspecified atom stereocenters. The number of fused-ring (bicyclic) bond motifs is 1. The van der Waals surface area contributed by atoms with E-state index in [9.17, 15) is 14.0 Å². The molecule has 0 atom stereocenters. The van der Waals surface area contributed by atoms with Crippen LogP contribution in [0, 0.1) is 12.7 Å². The van der Waals surface area contributed by atoms with Crippen LogP contribution in [-0.2, 0) is 0 Å². The maximum absolute atomic E-state index is 14.1. The minimum atomic E-state index is -0.450. The molecule has 0 aliphatic heterocycles. The molecule has 2 N–H and O–H groups in total. The topological polar surface area (TPSA) is 62.0 Å². The van der Waals surface area contributed by atoms with E-state index in [0.717, 1.165) is 0 Å². The Morgan fingerprint density at radius 2 is 1.87 bits per heavy atom. The standard InChI is InChI=1S/C18H15FN2O2/c1-10-16(17-14(19)7-4-8-15(17)20-10)18(23)21-13-6-3-5-12(9-13)11(2)22/h3-9,20H,1-2H3,(H,21,23). The quantitative estimate of drug-likeness (QED) is 0.716. The number of rotatable bonds is 3. The number of ketones is 1. The molecule has 0 fully saturated rings. The number of hydrogen-bond acceptors (Lipinski definition) is 2. The van der Waals surface area contributed by atoms with E-state index < -0.39 is 11.7 Å². The predicted octanol–water partition coefficient (Wildman–Crippen LogP) is 4.07. The lowest BCUT2D eigenvalue weighted by Gasteiger charge is -2.07. The number of benzene rings is 2. The highest BCUT2D eigenvalue weighted by atomic mass is 19.1. The van der Waals surface area contributed by atoms with Gasteiger partial charge in [0, 0.05) is 27.8 Å². The molecule has 0 saturated heterocycles. The summed E-state index contributed by atoms with van der Waals surface area (Å²) in [5, 5.41) is 2.99. The molecule has 1 amide bonds. The van der Waals surface area contributed by atoms with E-state index in [1.807, 2.05) is 0 Å². The zero-order valence-electron chi connectivity index (χ0n) is 12.7. The van der Waals surface area contributed by atoms with Gasteiger partial charge in [0.15, 0.2) is 5.78 Å².